The highest BCUT2D eigenvalue weighted by Crippen LogP contribution is 2.41. The molecule has 1 aliphatic heterocycles. The zero-order valence-corrected chi connectivity index (χ0v) is 17.7. The maximum Gasteiger partial charge on any atom is 0.295 e. The Labute approximate surface area is 185 Å². The molecule has 32 heavy (non-hydrogen) atoms. The summed E-state index contributed by atoms with van der Waals surface area (Å²) in [6, 6.07) is 16.6. The molecule has 2 heterocycles. The van der Waals surface area contributed by atoms with E-state index < -0.39 is 17.7 Å². The molecule has 1 fully saturated rings. The van der Waals surface area contributed by atoms with Gasteiger partial charge >= 0.3 is 0 Å². The average Bonchev–Trinajstić information content (AvgIpc) is 3.09. The van der Waals surface area contributed by atoms with Gasteiger partial charge in [-0.1, -0.05) is 24.3 Å². The van der Waals surface area contributed by atoms with Crippen molar-refractivity contribution < 1.29 is 24.2 Å². The average molecular weight is 430 g/mol. The van der Waals surface area contributed by atoms with Gasteiger partial charge in [0.2, 0.25) is 0 Å². The van der Waals surface area contributed by atoms with E-state index in [1.54, 1.807) is 80.2 Å². The summed E-state index contributed by atoms with van der Waals surface area (Å²) in [5, 5.41) is 11.2. The van der Waals surface area contributed by atoms with Crippen molar-refractivity contribution in [1.82, 2.24) is 9.88 Å². The molecule has 3 aromatic rings. The molecule has 2 aromatic carbocycles. The first-order valence-corrected chi connectivity index (χ1v) is 9.99. The van der Waals surface area contributed by atoms with Gasteiger partial charge in [0.25, 0.3) is 11.7 Å². The number of hydrogen-bond donors (Lipinski definition) is 1. The van der Waals surface area contributed by atoms with Crippen LogP contribution in [0.5, 0.6) is 11.5 Å². The fraction of sp³-hybridized carbons (Fsp3) is 0.160. The van der Waals surface area contributed by atoms with Crippen molar-refractivity contribution in [1.29, 1.82) is 0 Å². The number of Topliss-reactive ketones (excluding diaryl/α,β-unsaturated/α-hetero) is 1. The van der Waals surface area contributed by atoms with E-state index in [-0.39, 0.29) is 17.9 Å². The SMILES string of the molecule is COc1cccc(/C(O)=C2\C(=O)C(=O)N(Cc3ccncc3)C2c2cccc(OC)c2)c1. The highest BCUT2D eigenvalue weighted by Gasteiger charge is 2.46. The van der Waals surface area contributed by atoms with Gasteiger partial charge in [-0.2, -0.15) is 0 Å². The number of rotatable bonds is 6. The van der Waals surface area contributed by atoms with E-state index in [2.05, 4.69) is 4.98 Å². The van der Waals surface area contributed by atoms with Crippen LogP contribution in [-0.2, 0) is 16.1 Å². The summed E-state index contributed by atoms with van der Waals surface area (Å²) in [4.78, 5) is 31.7. The number of aliphatic hydroxyl groups excluding tert-OH is 1. The Hall–Kier alpha value is -4.13. The minimum atomic E-state index is -0.788. The van der Waals surface area contributed by atoms with Crippen molar-refractivity contribution in [3.63, 3.8) is 0 Å². The molecule has 1 N–H and O–H groups in total. The van der Waals surface area contributed by atoms with Gasteiger partial charge in [0.15, 0.2) is 0 Å². The van der Waals surface area contributed by atoms with Gasteiger partial charge < -0.3 is 19.5 Å². The van der Waals surface area contributed by atoms with Crippen LogP contribution in [0, 0.1) is 0 Å². The summed E-state index contributed by atoms with van der Waals surface area (Å²) in [7, 11) is 3.06. The molecule has 0 radical (unpaired) electrons. The Bertz CT molecular complexity index is 1190. The van der Waals surface area contributed by atoms with Gasteiger partial charge in [-0.05, 0) is 47.5 Å². The number of ketones is 1. The number of carbonyl (C=O) groups is 2. The second kappa shape index (κ2) is 8.93. The zero-order chi connectivity index (χ0) is 22.7. The standard InChI is InChI=1S/C25H22N2O5/c1-31-19-7-3-5-17(13-19)22-21(23(28)18-6-4-8-20(14-18)32-2)24(29)25(30)27(22)15-16-9-11-26-12-10-16/h3-14,22,28H,15H2,1-2H3/b23-21+. The maximum atomic E-state index is 13.1. The lowest BCUT2D eigenvalue weighted by Gasteiger charge is -2.25. The first-order valence-electron chi connectivity index (χ1n) is 9.99. The third-order valence-electron chi connectivity index (χ3n) is 5.39. The molecule has 1 amide bonds. The molecule has 0 spiro atoms. The van der Waals surface area contributed by atoms with Crippen LogP contribution in [0.15, 0.2) is 78.6 Å². The lowest BCUT2D eigenvalue weighted by molar-refractivity contribution is -0.140. The predicted molar refractivity (Wildman–Crippen MR) is 118 cm³/mol. The minimum absolute atomic E-state index is 0.0190. The molecular formula is C25H22N2O5. The molecule has 1 saturated heterocycles. The van der Waals surface area contributed by atoms with Gasteiger partial charge in [-0.15, -0.1) is 0 Å². The van der Waals surface area contributed by atoms with E-state index in [0.29, 0.717) is 22.6 Å². The summed E-state index contributed by atoms with van der Waals surface area (Å²) >= 11 is 0. The molecule has 1 unspecified atom stereocenters. The number of pyridine rings is 1. The first-order chi connectivity index (χ1) is 15.5. The number of likely N-dealkylation sites (tertiary alicyclic amines) is 1. The monoisotopic (exact) mass is 430 g/mol. The van der Waals surface area contributed by atoms with Crippen LogP contribution in [-0.4, -0.2) is 40.9 Å². The van der Waals surface area contributed by atoms with Gasteiger partial charge in [0.1, 0.15) is 17.3 Å². The van der Waals surface area contributed by atoms with E-state index in [0.717, 1.165) is 5.56 Å². The molecule has 162 valence electrons. The van der Waals surface area contributed by atoms with Crippen LogP contribution >= 0.6 is 0 Å². The number of aliphatic hydroxyl groups is 1. The van der Waals surface area contributed by atoms with Crippen LogP contribution in [0.3, 0.4) is 0 Å². The fourth-order valence-corrected chi connectivity index (χ4v) is 3.81. The first kappa shape index (κ1) is 21.1. The van der Waals surface area contributed by atoms with Crippen LogP contribution in [0.2, 0.25) is 0 Å². The molecule has 0 aliphatic carbocycles. The lowest BCUT2D eigenvalue weighted by atomic mass is 9.95. The Kier molecular flexibility index (Phi) is 5.89. The number of amides is 1. The summed E-state index contributed by atoms with van der Waals surface area (Å²) < 4.78 is 10.6. The maximum absolute atomic E-state index is 13.1. The van der Waals surface area contributed by atoms with Crippen LogP contribution < -0.4 is 9.47 Å². The van der Waals surface area contributed by atoms with Crippen LogP contribution in [0.4, 0.5) is 0 Å². The van der Waals surface area contributed by atoms with Gasteiger partial charge in [0.05, 0.1) is 25.8 Å². The Morgan fingerprint density at radius 3 is 2.31 bits per heavy atom. The zero-order valence-electron chi connectivity index (χ0n) is 17.7. The predicted octanol–water partition coefficient (Wildman–Crippen LogP) is 3.72. The third-order valence-corrected chi connectivity index (χ3v) is 5.39. The smallest absolute Gasteiger partial charge is 0.295 e. The molecule has 4 rings (SSSR count). The van der Waals surface area contributed by atoms with E-state index in [1.807, 2.05) is 0 Å². The minimum Gasteiger partial charge on any atom is -0.507 e. The lowest BCUT2D eigenvalue weighted by Crippen LogP contribution is -2.29. The molecule has 0 saturated carbocycles. The van der Waals surface area contributed by atoms with E-state index in [4.69, 9.17) is 9.47 Å². The summed E-state index contributed by atoms with van der Waals surface area (Å²) in [6.45, 7) is 0.184. The molecule has 1 aliphatic rings. The second-order valence-corrected chi connectivity index (χ2v) is 7.29. The molecule has 1 atom stereocenters. The van der Waals surface area contributed by atoms with Crippen molar-refractivity contribution in [3.05, 3.63) is 95.3 Å². The highest BCUT2D eigenvalue weighted by atomic mass is 16.5. The number of benzene rings is 2. The Balaban J connectivity index is 1.88. The topological polar surface area (TPSA) is 89.0 Å². The Morgan fingerprint density at radius 2 is 1.62 bits per heavy atom. The number of ether oxygens (including phenoxy) is 2. The molecule has 7 heteroatoms. The molecule has 1 aromatic heterocycles. The number of nitrogens with zero attached hydrogens (tertiary/aromatic N) is 2. The quantitative estimate of drug-likeness (QED) is 0.364. The summed E-state index contributed by atoms with van der Waals surface area (Å²) in [6.07, 6.45) is 3.26. The van der Waals surface area contributed by atoms with Gasteiger partial charge in [0, 0.05) is 24.5 Å². The highest BCUT2D eigenvalue weighted by molar-refractivity contribution is 6.46. The fourth-order valence-electron chi connectivity index (χ4n) is 3.81. The van der Waals surface area contributed by atoms with Gasteiger partial charge in [-0.25, -0.2) is 0 Å². The van der Waals surface area contributed by atoms with Crippen molar-refractivity contribution in [2.24, 2.45) is 0 Å². The molecule has 7 nitrogen and oxygen atoms in total. The number of carbonyl (C=O) groups excluding carboxylic acids is 2. The van der Waals surface area contributed by atoms with E-state index >= 15 is 0 Å². The van der Waals surface area contributed by atoms with Crippen LogP contribution in [0.25, 0.3) is 5.76 Å². The number of aromatic nitrogens is 1. The van der Waals surface area contributed by atoms with E-state index in [9.17, 15) is 14.7 Å². The summed E-state index contributed by atoms with van der Waals surface area (Å²) in [5.41, 5.74) is 1.88. The van der Waals surface area contributed by atoms with Crippen LogP contribution in [0.1, 0.15) is 22.7 Å². The second-order valence-electron chi connectivity index (χ2n) is 7.29. The molecule has 0 bridgehead atoms. The van der Waals surface area contributed by atoms with E-state index in [1.165, 1.54) is 12.0 Å². The number of hydrogen-bond acceptors (Lipinski definition) is 6. The van der Waals surface area contributed by atoms with Crippen molar-refractivity contribution >= 4 is 17.4 Å². The third kappa shape index (κ3) is 3.92. The normalized spacial score (nSPS) is 17.4. The summed E-state index contributed by atoms with van der Waals surface area (Å²) in [5.74, 6) is -0.574. The van der Waals surface area contributed by atoms with Crippen molar-refractivity contribution in [3.8, 4) is 11.5 Å². The van der Waals surface area contributed by atoms with Gasteiger partial charge in [-0.3, -0.25) is 14.6 Å². The van der Waals surface area contributed by atoms with Crippen molar-refractivity contribution in [2.45, 2.75) is 12.6 Å². The Morgan fingerprint density at radius 1 is 0.969 bits per heavy atom. The van der Waals surface area contributed by atoms with Crippen molar-refractivity contribution in [2.75, 3.05) is 14.2 Å². The number of methoxy groups -OCH3 is 2. The molecular weight excluding hydrogens is 408 g/mol. The largest absolute Gasteiger partial charge is 0.507 e.